The van der Waals surface area contributed by atoms with Gasteiger partial charge in [-0.1, -0.05) is 12.1 Å². The maximum atomic E-state index is 12.7. The second kappa shape index (κ2) is 8.65. The number of hydrogen-bond acceptors (Lipinski definition) is 5. The fourth-order valence-corrected chi connectivity index (χ4v) is 2.66. The largest absolute Gasteiger partial charge is 0.370 e. The van der Waals surface area contributed by atoms with Crippen LogP contribution in [0.15, 0.2) is 53.6 Å². The molecule has 0 aliphatic carbocycles. The molecule has 3 aromatic rings. The van der Waals surface area contributed by atoms with Crippen molar-refractivity contribution in [1.29, 1.82) is 0 Å². The van der Waals surface area contributed by atoms with E-state index < -0.39 is 23.4 Å². The molecule has 0 bridgehead atoms. The number of aromatic nitrogens is 2. The number of urea groups is 1. The van der Waals surface area contributed by atoms with Crippen molar-refractivity contribution in [2.24, 2.45) is 5.73 Å². The van der Waals surface area contributed by atoms with Crippen LogP contribution in [0.5, 0.6) is 0 Å². The molecule has 0 atom stereocenters. The van der Waals surface area contributed by atoms with E-state index in [2.05, 4.69) is 25.9 Å². The first-order valence-corrected chi connectivity index (χ1v) is 8.65. The van der Waals surface area contributed by atoms with Crippen LogP contribution in [-0.2, 0) is 4.79 Å². The molecule has 6 N–H and O–H groups in total. The zero-order valence-electron chi connectivity index (χ0n) is 15.2. The third-order valence-corrected chi connectivity index (χ3v) is 3.95. The van der Waals surface area contributed by atoms with Crippen LogP contribution in [0, 0.1) is 0 Å². The number of rotatable bonds is 6. The number of nitrogens with two attached hydrogens (primary N) is 1. The molecule has 4 amide bonds. The first-order valence-electron chi connectivity index (χ1n) is 8.65. The quantitative estimate of drug-likeness (QED) is 0.424. The zero-order chi connectivity index (χ0) is 20.8. The Kier molecular flexibility index (Phi) is 5.83. The minimum absolute atomic E-state index is 0.0303. The highest BCUT2D eigenvalue weighted by Crippen LogP contribution is 2.18. The standard InChI is InChI=1S/C19H18N6O4/c20-15(26)7-8-21-19(29)25-12-4-1-3-11(9-12)24-17(27)13-5-2-6-14-16(13)18(28)23-10-22-14/h1-6,9-10H,7-8H2,(H2,20,26)(H,24,27)(H2,21,25,29)(H,22,23,28). The predicted molar refractivity (Wildman–Crippen MR) is 108 cm³/mol. The molecule has 29 heavy (non-hydrogen) atoms. The van der Waals surface area contributed by atoms with E-state index in [0.29, 0.717) is 16.9 Å². The topological polar surface area (TPSA) is 159 Å². The highest BCUT2D eigenvalue weighted by Gasteiger charge is 2.14. The van der Waals surface area contributed by atoms with Gasteiger partial charge in [-0.3, -0.25) is 14.4 Å². The molecule has 1 heterocycles. The normalized spacial score (nSPS) is 10.3. The molecule has 0 spiro atoms. The summed E-state index contributed by atoms with van der Waals surface area (Å²) < 4.78 is 0. The first kappa shape index (κ1) is 19.5. The molecule has 10 nitrogen and oxygen atoms in total. The number of nitrogens with one attached hydrogen (secondary N) is 4. The fraction of sp³-hybridized carbons (Fsp3) is 0.105. The van der Waals surface area contributed by atoms with Gasteiger partial charge < -0.3 is 26.7 Å². The Morgan fingerprint density at radius 3 is 2.52 bits per heavy atom. The van der Waals surface area contributed by atoms with E-state index in [1.54, 1.807) is 36.4 Å². The van der Waals surface area contributed by atoms with Gasteiger partial charge in [0.15, 0.2) is 0 Å². The molecule has 0 saturated carbocycles. The Hall–Kier alpha value is -4.21. The minimum atomic E-state index is -0.516. The van der Waals surface area contributed by atoms with E-state index in [9.17, 15) is 19.2 Å². The molecule has 10 heteroatoms. The molecule has 3 rings (SSSR count). The van der Waals surface area contributed by atoms with Gasteiger partial charge >= 0.3 is 6.03 Å². The highest BCUT2D eigenvalue weighted by atomic mass is 16.2. The second-order valence-corrected chi connectivity index (χ2v) is 6.06. The lowest BCUT2D eigenvalue weighted by Crippen LogP contribution is -2.31. The molecule has 0 aliphatic heterocycles. The minimum Gasteiger partial charge on any atom is -0.370 e. The molecule has 0 saturated heterocycles. The molecular weight excluding hydrogens is 376 g/mol. The van der Waals surface area contributed by atoms with Crippen LogP contribution >= 0.6 is 0 Å². The summed E-state index contributed by atoms with van der Waals surface area (Å²) in [6, 6.07) is 10.8. The summed E-state index contributed by atoms with van der Waals surface area (Å²) in [5, 5.41) is 7.97. The predicted octanol–water partition coefficient (Wildman–Crippen LogP) is 1.17. The first-order chi connectivity index (χ1) is 13.9. The summed E-state index contributed by atoms with van der Waals surface area (Å²) in [6.45, 7) is 0.112. The Labute approximate surface area is 164 Å². The fourth-order valence-electron chi connectivity index (χ4n) is 2.66. The second-order valence-electron chi connectivity index (χ2n) is 6.06. The van der Waals surface area contributed by atoms with Gasteiger partial charge in [0.1, 0.15) is 0 Å². The van der Waals surface area contributed by atoms with Crippen molar-refractivity contribution in [3.63, 3.8) is 0 Å². The maximum Gasteiger partial charge on any atom is 0.319 e. The maximum absolute atomic E-state index is 12.7. The van der Waals surface area contributed by atoms with Crippen LogP contribution in [0.25, 0.3) is 10.9 Å². The van der Waals surface area contributed by atoms with Crippen molar-refractivity contribution in [3.05, 3.63) is 64.7 Å². The summed E-state index contributed by atoms with van der Waals surface area (Å²) in [7, 11) is 0. The van der Waals surface area contributed by atoms with Crippen molar-refractivity contribution in [3.8, 4) is 0 Å². The van der Waals surface area contributed by atoms with E-state index in [-0.39, 0.29) is 23.9 Å². The Bertz CT molecular complexity index is 1140. The van der Waals surface area contributed by atoms with Gasteiger partial charge in [0.05, 0.1) is 22.8 Å². The van der Waals surface area contributed by atoms with Gasteiger partial charge in [-0.15, -0.1) is 0 Å². The summed E-state index contributed by atoms with van der Waals surface area (Å²) in [5.41, 5.74) is 6.03. The van der Waals surface area contributed by atoms with Crippen LogP contribution in [0.2, 0.25) is 0 Å². The van der Waals surface area contributed by atoms with Crippen molar-refractivity contribution >= 4 is 40.1 Å². The lowest BCUT2D eigenvalue weighted by molar-refractivity contribution is -0.117. The van der Waals surface area contributed by atoms with Crippen LogP contribution < -0.4 is 27.2 Å². The number of aromatic amines is 1. The smallest absolute Gasteiger partial charge is 0.319 e. The summed E-state index contributed by atoms with van der Waals surface area (Å²) in [5.74, 6) is -1.00. The van der Waals surface area contributed by atoms with E-state index in [1.807, 2.05) is 0 Å². The third kappa shape index (κ3) is 4.95. The number of benzene rings is 2. The number of carbonyl (C=O) groups excluding carboxylic acids is 3. The van der Waals surface area contributed by atoms with E-state index >= 15 is 0 Å². The lowest BCUT2D eigenvalue weighted by atomic mass is 10.1. The number of primary amides is 1. The Balaban J connectivity index is 1.72. The van der Waals surface area contributed by atoms with Crippen LogP contribution in [0.1, 0.15) is 16.8 Å². The summed E-state index contributed by atoms with van der Waals surface area (Å²) >= 11 is 0. The molecule has 0 radical (unpaired) electrons. The molecule has 148 valence electrons. The molecular formula is C19H18N6O4. The number of carbonyl (C=O) groups is 3. The van der Waals surface area contributed by atoms with Gasteiger partial charge in [0.2, 0.25) is 5.91 Å². The Morgan fingerprint density at radius 1 is 1.03 bits per heavy atom. The number of H-pyrrole nitrogens is 1. The van der Waals surface area contributed by atoms with E-state index in [4.69, 9.17) is 5.73 Å². The Morgan fingerprint density at radius 2 is 1.76 bits per heavy atom. The number of amides is 4. The van der Waals surface area contributed by atoms with Crippen molar-refractivity contribution in [1.82, 2.24) is 15.3 Å². The SMILES string of the molecule is NC(=O)CCNC(=O)Nc1cccc(NC(=O)c2cccc3nc[nH]c(=O)c23)c1. The number of fused-ring (bicyclic) bond motifs is 1. The highest BCUT2D eigenvalue weighted by molar-refractivity contribution is 6.12. The average molecular weight is 394 g/mol. The van der Waals surface area contributed by atoms with Crippen molar-refractivity contribution < 1.29 is 14.4 Å². The molecule has 0 unspecified atom stereocenters. The van der Waals surface area contributed by atoms with Crippen LogP contribution in [-0.4, -0.2) is 34.4 Å². The van der Waals surface area contributed by atoms with Crippen LogP contribution in [0.3, 0.4) is 0 Å². The van der Waals surface area contributed by atoms with Crippen molar-refractivity contribution in [2.75, 3.05) is 17.2 Å². The van der Waals surface area contributed by atoms with E-state index in [1.165, 1.54) is 12.4 Å². The van der Waals surface area contributed by atoms with Gasteiger partial charge in [-0.05, 0) is 30.3 Å². The molecule has 1 aromatic heterocycles. The molecule has 0 aliphatic rings. The van der Waals surface area contributed by atoms with Gasteiger partial charge in [0, 0.05) is 24.3 Å². The molecule has 2 aromatic carbocycles. The van der Waals surface area contributed by atoms with Gasteiger partial charge in [0.25, 0.3) is 11.5 Å². The summed E-state index contributed by atoms with van der Waals surface area (Å²) in [4.78, 5) is 53.8. The van der Waals surface area contributed by atoms with Crippen molar-refractivity contribution in [2.45, 2.75) is 6.42 Å². The molecule has 0 fully saturated rings. The lowest BCUT2D eigenvalue weighted by Gasteiger charge is -2.10. The van der Waals surface area contributed by atoms with Gasteiger partial charge in [-0.2, -0.15) is 0 Å². The zero-order valence-corrected chi connectivity index (χ0v) is 15.2. The number of anilines is 2. The number of hydrogen-bond donors (Lipinski definition) is 5. The van der Waals surface area contributed by atoms with E-state index in [0.717, 1.165) is 0 Å². The monoisotopic (exact) mass is 394 g/mol. The summed E-state index contributed by atoms with van der Waals surface area (Å²) in [6.07, 6.45) is 1.30. The third-order valence-electron chi connectivity index (χ3n) is 3.95. The average Bonchev–Trinajstić information content (AvgIpc) is 2.67. The van der Waals surface area contributed by atoms with Gasteiger partial charge in [-0.25, -0.2) is 9.78 Å². The van der Waals surface area contributed by atoms with Crippen LogP contribution in [0.4, 0.5) is 16.2 Å². The number of nitrogens with zero attached hydrogens (tertiary/aromatic N) is 1.